The van der Waals surface area contributed by atoms with E-state index in [9.17, 15) is 14.0 Å². The van der Waals surface area contributed by atoms with Crippen molar-refractivity contribution >= 4 is 27.5 Å². The van der Waals surface area contributed by atoms with E-state index in [2.05, 4.69) is 21.2 Å². The van der Waals surface area contributed by atoms with E-state index in [1.807, 2.05) is 0 Å². The Kier molecular flexibility index (Phi) is 4.21. The van der Waals surface area contributed by atoms with Crippen molar-refractivity contribution < 1.29 is 13.9 Å². The molecular formula is C16H14BrFN2O3. The van der Waals surface area contributed by atoms with Crippen molar-refractivity contribution in [2.75, 3.05) is 12.4 Å². The fourth-order valence-corrected chi connectivity index (χ4v) is 3.21. The minimum absolute atomic E-state index is 0.172. The molecule has 120 valence electrons. The van der Waals surface area contributed by atoms with Crippen LogP contribution in [0, 0.1) is 5.82 Å². The molecule has 0 aliphatic carbocycles. The van der Waals surface area contributed by atoms with Crippen LogP contribution in [0.15, 0.2) is 33.5 Å². The van der Waals surface area contributed by atoms with Gasteiger partial charge < -0.3 is 14.6 Å². The molecule has 5 nitrogen and oxygen atoms in total. The number of methoxy groups -OCH3 is 1. The number of nitrogens with one attached hydrogen (secondary N) is 1. The number of amides is 1. The van der Waals surface area contributed by atoms with Gasteiger partial charge in [0.15, 0.2) is 0 Å². The van der Waals surface area contributed by atoms with Crippen LogP contribution in [-0.4, -0.2) is 17.6 Å². The van der Waals surface area contributed by atoms with Gasteiger partial charge in [-0.05, 0) is 47.0 Å². The first-order valence-electron chi connectivity index (χ1n) is 7.08. The molecule has 2 heterocycles. The first kappa shape index (κ1) is 15.7. The molecule has 0 unspecified atom stereocenters. The van der Waals surface area contributed by atoms with Crippen molar-refractivity contribution in [2.24, 2.45) is 0 Å². The summed E-state index contributed by atoms with van der Waals surface area (Å²) in [6.07, 6.45) is 1.45. The Balaban J connectivity index is 2.03. The first-order chi connectivity index (χ1) is 11.0. The highest BCUT2D eigenvalue weighted by molar-refractivity contribution is 9.10. The highest BCUT2D eigenvalue weighted by atomic mass is 79.9. The van der Waals surface area contributed by atoms with Crippen LogP contribution in [0.2, 0.25) is 0 Å². The molecule has 1 N–H and O–H groups in total. The van der Waals surface area contributed by atoms with Crippen molar-refractivity contribution in [2.45, 2.75) is 19.4 Å². The summed E-state index contributed by atoms with van der Waals surface area (Å²) >= 11 is 3.22. The fourth-order valence-electron chi connectivity index (χ4n) is 2.76. The van der Waals surface area contributed by atoms with E-state index in [4.69, 9.17) is 4.74 Å². The summed E-state index contributed by atoms with van der Waals surface area (Å²) in [6, 6.07) is 5.33. The van der Waals surface area contributed by atoms with Crippen LogP contribution in [0.1, 0.15) is 22.5 Å². The molecule has 0 fully saturated rings. The summed E-state index contributed by atoms with van der Waals surface area (Å²) in [4.78, 5) is 24.7. The smallest absolute Gasteiger partial charge is 0.261 e. The van der Waals surface area contributed by atoms with Gasteiger partial charge in [-0.15, -0.1) is 0 Å². The number of hydrogen-bond acceptors (Lipinski definition) is 3. The number of carbonyl (C=O) groups excluding carboxylic acids is 1. The molecule has 3 rings (SSSR count). The van der Waals surface area contributed by atoms with E-state index in [0.29, 0.717) is 34.4 Å². The third-order valence-corrected chi connectivity index (χ3v) is 4.46. The topological polar surface area (TPSA) is 60.3 Å². The van der Waals surface area contributed by atoms with E-state index in [0.717, 1.165) is 6.42 Å². The van der Waals surface area contributed by atoms with Crippen molar-refractivity contribution in [3.63, 3.8) is 0 Å². The molecule has 2 aromatic rings. The molecular weight excluding hydrogens is 367 g/mol. The normalized spacial score (nSPS) is 12.8. The standard InChI is InChI=1S/C16H14BrFN2O3/c1-23-13-8-14(21)20-6-2-3-12(20)15(13)16(22)19-11-5-4-9(18)7-10(11)17/h4-5,7-8H,2-3,6H2,1H3,(H,19,22). The number of rotatable bonds is 3. The van der Waals surface area contributed by atoms with Gasteiger partial charge >= 0.3 is 0 Å². The van der Waals surface area contributed by atoms with Crippen LogP contribution in [0.25, 0.3) is 0 Å². The molecule has 0 saturated heterocycles. The molecule has 1 aliphatic rings. The first-order valence-corrected chi connectivity index (χ1v) is 7.87. The van der Waals surface area contributed by atoms with Gasteiger partial charge in [0, 0.05) is 22.8 Å². The van der Waals surface area contributed by atoms with Gasteiger partial charge in [0.2, 0.25) is 0 Å². The van der Waals surface area contributed by atoms with Gasteiger partial charge in [0.1, 0.15) is 17.1 Å². The summed E-state index contributed by atoms with van der Waals surface area (Å²) in [6.45, 7) is 0.596. The maximum atomic E-state index is 13.2. The predicted molar refractivity (Wildman–Crippen MR) is 87.6 cm³/mol. The molecule has 23 heavy (non-hydrogen) atoms. The van der Waals surface area contributed by atoms with Crippen molar-refractivity contribution in [3.8, 4) is 5.75 Å². The Morgan fingerprint density at radius 2 is 2.17 bits per heavy atom. The molecule has 0 radical (unpaired) electrons. The zero-order valence-electron chi connectivity index (χ0n) is 12.4. The summed E-state index contributed by atoms with van der Waals surface area (Å²) in [7, 11) is 1.42. The van der Waals surface area contributed by atoms with Crippen molar-refractivity contribution in [1.82, 2.24) is 4.57 Å². The molecule has 0 spiro atoms. The molecule has 1 aliphatic heterocycles. The number of aromatic nitrogens is 1. The number of hydrogen-bond donors (Lipinski definition) is 1. The SMILES string of the molecule is COc1cc(=O)n2c(c1C(=O)Nc1ccc(F)cc1Br)CCC2. The number of anilines is 1. The van der Waals surface area contributed by atoms with E-state index in [-0.39, 0.29) is 17.2 Å². The van der Waals surface area contributed by atoms with Gasteiger partial charge in [-0.25, -0.2) is 4.39 Å². The molecule has 1 aromatic carbocycles. The van der Waals surface area contributed by atoms with Crippen molar-refractivity contribution in [1.29, 1.82) is 0 Å². The van der Waals surface area contributed by atoms with E-state index >= 15 is 0 Å². The Hall–Kier alpha value is -2.15. The van der Waals surface area contributed by atoms with Crippen molar-refractivity contribution in [3.05, 3.63) is 56.2 Å². The van der Waals surface area contributed by atoms with Crippen LogP contribution in [0.3, 0.4) is 0 Å². The van der Waals surface area contributed by atoms with Crippen LogP contribution in [-0.2, 0) is 13.0 Å². The third-order valence-electron chi connectivity index (χ3n) is 3.80. The average molecular weight is 381 g/mol. The quantitative estimate of drug-likeness (QED) is 0.890. The lowest BCUT2D eigenvalue weighted by Crippen LogP contribution is -2.24. The van der Waals surface area contributed by atoms with Gasteiger partial charge in [-0.2, -0.15) is 0 Å². The molecule has 0 bridgehead atoms. The van der Waals surface area contributed by atoms with Crippen LogP contribution in [0.5, 0.6) is 5.75 Å². The minimum Gasteiger partial charge on any atom is -0.496 e. The largest absolute Gasteiger partial charge is 0.496 e. The van der Waals surface area contributed by atoms with Crippen LogP contribution in [0.4, 0.5) is 10.1 Å². The monoisotopic (exact) mass is 380 g/mol. The second-order valence-corrected chi connectivity index (χ2v) is 6.06. The number of pyridine rings is 1. The second-order valence-electron chi connectivity index (χ2n) is 5.21. The molecule has 0 atom stereocenters. The van der Waals surface area contributed by atoms with Gasteiger partial charge in [-0.1, -0.05) is 0 Å². The Bertz CT molecular complexity index is 848. The van der Waals surface area contributed by atoms with Gasteiger partial charge in [0.05, 0.1) is 12.8 Å². The molecule has 7 heteroatoms. The third kappa shape index (κ3) is 2.88. The van der Waals surface area contributed by atoms with Gasteiger partial charge in [0.25, 0.3) is 11.5 Å². The van der Waals surface area contributed by atoms with E-state index < -0.39 is 5.82 Å². The molecule has 1 aromatic heterocycles. The second kappa shape index (κ2) is 6.16. The summed E-state index contributed by atoms with van der Waals surface area (Å²) in [5.74, 6) is -0.543. The summed E-state index contributed by atoms with van der Waals surface area (Å²) in [5.41, 5.74) is 1.29. The van der Waals surface area contributed by atoms with Crippen LogP contribution < -0.4 is 15.6 Å². The molecule has 1 amide bonds. The zero-order valence-corrected chi connectivity index (χ0v) is 13.9. The number of benzene rings is 1. The maximum Gasteiger partial charge on any atom is 0.261 e. The zero-order chi connectivity index (χ0) is 16.6. The lowest BCUT2D eigenvalue weighted by molar-refractivity contribution is 0.102. The highest BCUT2D eigenvalue weighted by Gasteiger charge is 2.25. The summed E-state index contributed by atoms with van der Waals surface area (Å²) in [5, 5.41) is 2.73. The number of carbonyl (C=O) groups is 1. The number of nitrogens with zero attached hydrogens (tertiary/aromatic N) is 1. The Labute approximate surface area is 140 Å². The average Bonchev–Trinajstić information content (AvgIpc) is 2.99. The Morgan fingerprint density at radius 3 is 2.87 bits per heavy atom. The lowest BCUT2D eigenvalue weighted by atomic mass is 10.1. The van der Waals surface area contributed by atoms with Crippen LogP contribution >= 0.6 is 15.9 Å². The predicted octanol–water partition coefficient (Wildman–Crippen LogP) is 2.96. The van der Waals surface area contributed by atoms with Gasteiger partial charge in [-0.3, -0.25) is 9.59 Å². The molecule has 0 saturated carbocycles. The fraction of sp³-hybridized carbons (Fsp3) is 0.250. The van der Waals surface area contributed by atoms with E-state index in [1.54, 1.807) is 4.57 Å². The van der Waals surface area contributed by atoms with E-state index in [1.165, 1.54) is 31.4 Å². The Morgan fingerprint density at radius 1 is 1.39 bits per heavy atom. The summed E-state index contributed by atoms with van der Waals surface area (Å²) < 4.78 is 20.4. The number of halogens is 2. The number of ether oxygens (including phenoxy) is 1. The number of fused-ring (bicyclic) bond motifs is 1. The highest BCUT2D eigenvalue weighted by Crippen LogP contribution is 2.28. The minimum atomic E-state index is -0.403. The lowest BCUT2D eigenvalue weighted by Gasteiger charge is -2.15. The maximum absolute atomic E-state index is 13.2.